The van der Waals surface area contributed by atoms with E-state index in [4.69, 9.17) is 11.6 Å². The minimum atomic E-state index is 0.0590. The molecule has 23 heavy (non-hydrogen) atoms. The molecule has 1 amide bonds. The molecule has 4 nitrogen and oxygen atoms in total. The number of halogens is 1. The van der Waals surface area contributed by atoms with E-state index in [2.05, 4.69) is 10.3 Å². The van der Waals surface area contributed by atoms with Crippen LogP contribution in [0.3, 0.4) is 0 Å². The Labute approximate surface area is 141 Å². The summed E-state index contributed by atoms with van der Waals surface area (Å²) in [6.07, 6.45) is 6.72. The molecule has 120 valence electrons. The zero-order valence-corrected chi connectivity index (χ0v) is 13.9. The Hall–Kier alpha value is -2.07. The first-order valence-electron chi connectivity index (χ1n) is 7.91. The fourth-order valence-corrected chi connectivity index (χ4v) is 2.98. The highest BCUT2D eigenvalue weighted by Crippen LogP contribution is 2.26. The summed E-state index contributed by atoms with van der Waals surface area (Å²) in [5, 5.41) is 4.01. The van der Waals surface area contributed by atoms with Gasteiger partial charge in [-0.3, -0.25) is 9.78 Å². The Morgan fingerprint density at radius 3 is 2.78 bits per heavy atom. The van der Waals surface area contributed by atoms with E-state index >= 15 is 0 Å². The Bertz CT molecular complexity index is 711. The highest BCUT2D eigenvalue weighted by atomic mass is 35.5. The van der Waals surface area contributed by atoms with Gasteiger partial charge in [0.2, 0.25) is 0 Å². The van der Waals surface area contributed by atoms with Gasteiger partial charge in [0.25, 0.3) is 5.91 Å². The SMILES string of the molecule is Cc1c(Cl)cccc1Nc1cncc(C(=O)N2CCCCC2)c1. The third kappa shape index (κ3) is 3.64. The average molecular weight is 330 g/mol. The van der Waals surface area contributed by atoms with Gasteiger partial charge in [0.15, 0.2) is 0 Å². The number of benzene rings is 1. The standard InChI is InChI=1S/C18H20ClN3O/c1-13-16(19)6-5-7-17(13)21-15-10-14(11-20-12-15)18(23)22-8-3-2-4-9-22/h5-7,10-12,21H,2-4,8-9H2,1H3. The van der Waals surface area contributed by atoms with Crippen molar-refractivity contribution >= 4 is 28.9 Å². The van der Waals surface area contributed by atoms with Gasteiger partial charge in [0.05, 0.1) is 17.4 Å². The summed E-state index contributed by atoms with van der Waals surface area (Å²) in [4.78, 5) is 18.7. The van der Waals surface area contributed by atoms with Crippen LogP contribution in [-0.2, 0) is 0 Å². The van der Waals surface area contributed by atoms with Gasteiger partial charge in [-0.15, -0.1) is 0 Å². The average Bonchev–Trinajstić information content (AvgIpc) is 2.59. The molecule has 1 aromatic heterocycles. The molecule has 0 bridgehead atoms. The van der Waals surface area contributed by atoms with E-state index in [1.807, 2.05) is 36.1 Å². The number of pyridine rings is 1. The maximum atomic E-state index is 12.6. The van der Waals surface area contributed by atoms with Crippen molar-refractivity contribution in [1.82, 2.24) is 9.88 Å². The summed E-state index contributed by atoms with van der Waals surface area (Å²) in [6.45, 7) is 3.63. The zero-order valence-electron chi connectivity index (χ0n) is 13.2. The number of carbonyl (C=O) groups excluding carboxylic acids is 1. The normalized spacial score (nSPS) is 14.6. The van der Waals surface area contributed by atoms with Gasteiger partial charge in [-0.05, 0) is 49.9 Å². The summed E-state index contributed by atoms with van der Waals surface area (Å²) in [6, 6.07) is 7.56. The Balaban J connectivity index is 1.79. The lowest BCUT2D eigenvalue weighted by atomic mass is 10.1. The second-order valence-electron chi connectivity index (χ2n) is 5.85. The number of rotatable bonds is 3. The van der Waals surface area contributed by atoms with Gasteiger partial charge < -0.3 is 10.2 Å². The minimum Gasteiger partial charge on any atom is -0.354 e. The minimum absolute atomic E-state index is 0.0590. The molecule has 2 heterocycles. The van der Waals surface area contributed by atoms with Crippen LogP contribution in [0.1, 0.15) is 35.2 Å². The molecule has 3 rings (SSSR count). The van der Waals surface area contributed by atoms with Crippen molar-refractivity contribution in [2.45, 2.75) is 26.2 Å². The third-order valence-corrected chi connectivity index (χ3v) is 4.58. The van der Waals surface area contributed by atoms with Crippen molar-refractivity contribution < 1.29 is 4.79 Å². The van der Waals surface area contributed by atoms with Crippen LogP contribution in [0.25, 0.3) is 0 Å². The highest BCUT2D eigenvalue weighted by molar-refractivity contribution is 6.31. The monoisotopic (exact) mass is 329 g/mol. The molecule has 1 aliphatic heterocycles. The maximum Gasteiger partial charge on any atom is 0.255 e. The number of likely N-dealkylation sites (tertiary alicyclic amines) is 1. The molecule has 2 aromatic rings. The molecule has 1 aromatic carbocycles. The van der Waals surface area contributed by atoms with Gasteiger partial charge in [-0.2, -0.15) is 0 Å². The summed E-state index contributed by atoms with van der Waals surface area (Å²) in [7, 11) is 0. The quantitative estimate of drug-likeness (QED) is 0.907. The van der Waals surface area contributed by atoms with Crippen LogP contribution in [0.4, 0.5) is 11.4 Å². The van der Waals surface area contributed by atoms with E-state index in [0.29, 0.717) is 10.6 Å². The lowest BCUT2D eigenvalue weighted by Gasteiger charge is -2.26. The van der Waals surface area contributed by atoms with Gasteiger partial charge in [-0.25, -0.2) is 0 Å². The number of anilines is 2. The second-order valence-corrected chi connectivity index (χ2v) is 6.26. The van der Waals surface area contributed by atoms with Crippen LogP contribution in [0.15, 0.2) is 36.7 Å². The smallest absolute Gasteiger partial charge is 0.255 e. The molecule has 0 atom stereocenters. The summed E-state index contributed by atoms with van der Waals surface area (Å²) in [5.41, 5.74) is 3.30. The van der Waals surface area contributed by atoms with Gasteiger partial charge in [-0.1, -0.05) is 17.7 Å². The third-order valence-electron chi connectivity index (χ3n) is 4.18. The van der Waals surface area contributed by atoms with Crippen molar-refractivity contribution in [1.29, 1.82) is 0 Å². The first-order valence-corrected chi connectivity index (χ1v) is 8.29. The van der Waals surface area contributed by atoms with Crippen LogP contribution in [0, 0.1) is 6.92 Å². The fourth-order valence-electron chi connectivity index (χ4n) is 2.80. The van der Waals surface area contributed by atoms with Crippen molar-refractivity contribution in [3.8, 4) is 0 Å². The van der Waals surface area contributed by atoms with Crippen molar-refractivity contribution in [3.63, 3.8) is 0 Å². The Kier molecular flexibility index (Phi) is 4.82. The molecule has 0 radical (unpaired) electrons. The van der Waals surface area contributed by atoms with E-state index in [1.165, 1.54) is 6.42 Å². The maximum absolute atomic E-state index is 12.6. The van der Waals surface area contributed by atoms with E-state index in [0.717, 1.165) is 42.9 Å². The molecule has 0 unspecified atom stereocenters. The molecule has 1 saturated heterocycles. The molecule has 1 fully saturated rings. The van der Waals surface area contributed by atoms with Crippen molar-refractivity contribution in [2.24, 2.45) is 0 Å². The summed E-state index contributed by atoms with van der Waals surface area (Å²) < 4.78 is 0. The second kappa shape index (κ2) is 7.01. The number of piperidine rings is 1. The largest absolute Gasteiger partial charge is 0.354 e. The van der Waals surface area contributed by atoms with Crippen LogP contribution >= 0.6 is 11.6 Å². The Morgan fingerprint density at radius 2 is 2.00 bits per heavy atom. The topological polar surface area (TPSA) is 45.2 Å². The zero-order chi connectivity index (χ0) is 16.2. The first-order chi connectivity index (χ1) is 11.1. The first kappa shape index (κ1) is 15.8. The van der Waals surface area contributed by atoms with Crippen LogP contribution in [-0.4, -0.2) is 28.9 Å². The lowest BCUT2D eigenvalue weighted by Crippen LogP contribution is -2.35. The number of hydrogen-bond acceptors (Lipinski definition) is 3. The van der Waals surface area contributed by atoms with E-state index in [1.54, 1.807) is 12.4 Å². The predicted molar refractivity (Wildman–Crippen MR) is 93.5 cm³/mol. The summed E-state index contributed by atoms with van der Waals surface area (Å²) >= 11 is 6.15. The molecule has 0 spiro atoms. The number of hydrogen-bond donors (Lipinski definition) is 1. The van der Waals surface area contributed by atoms with Gasteiger partial charge >= 0.3 is 0 Å². The highest BCUT2D eigenvalue weighted by Gasteiger charge is 2.18. The van der Waals surface area contributed by atoms with Crippen molar-refractivity contribution in [3.05, 3.63) is 52.8 Å². The summed E-state index contributed by atoms with van der Waals surface area (Å²) in [5.74, 6) is 0.0590. The Morgan fingerprint density at radius 1 is 1.22 bits per heavy atom. The predicted octanol–water partition coefficient (Wildman–Crippen LogP) is 4.41. The molecule has 5 heteroatoms. The van der Waals surface area contributed by atoms with Crippen molar-refractivity contribution in [2.75, 3.05) is 18.4 Å². The number of nitrogens with one attached hydrogen (secondary N) is 1. The van der Waals surface area contributed by atoms with Crippen LogP contribution in [0.2, 0.25) is 5.02 Å². The number of aromatic nitrogens is 1. The lowest BCUT2D eigenvalue weighted by molar-refractivity contribution is 0.0724. The fraction of sp³-hybridized carbons (Fsp3) is 0.333. The molecular formula is C18H20ClN3O. The van der Waals surface area contributed by atoms with E-state index in [-0.39, 0.29) is 5.91 Å². The number of carbonyl (C=O) groups is 1. The molecular weight excluding hydrogens is 310 g/mol. The van der Waals surface area contributed by atoms with Gasteiger partial charge in [0.1, 0.15) is 0 Å². The van der Waals surface area contributed by atoms with E-state index < -0.39 is 0 Å². The van der Waals surface area contributed by atoms with Gasteiger partial charge in [0, 0.05) is 30.0 Å². The number of nitrogens with zero attached hydrogens (tertiary/aromatic N) is 2. The molecule has 0 saturated carbocycles. The van der Waals surface area contributed by atoms with Crippen LogP contribution in [0.5, 0.6) is 0 Å². The number of amides is 1. The molecule has 0 aliphatic carbocycles. The van der Waals surface area contributed by atoms with E-state index in [9.17, 15) is 4.79 Å². The molecule has 1 N–H and O–H groups in total. The van der Waals surface area contributed by atoms with Crippen LogP contribution < -0.4 is 5.32 Å². The molecule has 1 aliphatic rings.